The van der Waals surface area contributed by atoms with E-state index in [1.54, 1.807) is 30.3 Å². The van der Waals surface area contributed by atoms with E-state index in [-0.39, 0.29) is 35.5 Å². The van der Waals surface area contributed by atoms with Gasteiger partial charge in [0.1, 0.15) is 18.2 Å². The number of hydrogen-bond donors (Lipinski definition) is 3. The fourth-order valence-electron chi connectivity index (χ4n) is 5.67. The van der Waals surface area contributed by atoms with Crippen LogP contribution >= 0.6 is 11.6 Å². The third-order valence-corrected chi connectivity index (χ3v) is 7.73. The summed E-state index contributed by atoms with van der Waals surface area (Å²) in [7, 11) is 1.35. The van der Waals surface area contributed by atoms with Crippen LogP contribution in [0.5, 0.6) is 11.6 Å². The zero-order valence-electron chi connectivity index (χ0n) is 21.4. The van der Waals surface area contributed by atoms with Gasteiger partial charge in [0, 0.05) is 49.0 Å². The van der Waals surface area contributed by atoms with Gasteiger partial charge in [0.15, 0.2) is 11.4 Å². The van der Waals surface area contributed by atoms with E-state index in [4.69, 9.17) is 26.2 Å². The lowest BCUT2D eigenvalue weighted by atomic mass is 9.80. The van der Waals surface area contributed by atoms with Gasteiger partial charge in [-0.25, -0.2) is 18.6 Å². The Morgan fingerprint density at radius 3 is 2.70 bits per heavy atom. The first-order valence-corrected chi connectivity index (χ1v) is 13.0. The molecule has 40 heavy (non-hydrogen) atoms. The molecule has 2 atom stereocenters. The number of fused-ring (bicyclic) bond motifs is 1. The van der Waals surface area contributed by atoms with E-state index in [0.717, 1.165) is 12.3 Å². The number of aromatic nitrogens is 1. The molecule has 0 saturated carbocycles. The smallest absolute Gasteiger partial charge is 0.407 e. The van der Waals surface area contributed by atoms with Gasteiger partial charge < -0.3 is 29.9 Å². The van der Waals surface area contributed by atoms with E-state index in [1.807, 2.05) is 0 Å². The largest absolute Gasteiger partial charge is 0.480 e. The van der Waals surface area contributed by atoms with Crippen molar-refractivity contribution >= 4 is 23.6 Å². The molecular weight excluding hydrogens is 548 g/mol. The Hall–Kier alpha value is -3.96. The number of pyridine rings is 1. The molecule has 3 N–H and O–H groups in total. The Bertz CT molecular complexity index is 1470. The Kier molecular flexibility index (Phi) is 7.52. The minimum absolute atomic E-state index is 0.0118. The van der Waals surface area contributed by atoms with Crippen LogP contribution in [0.4, 0.5) is 13.6 Å². The molecule has 0 aliphatic carbocycles. The fourth-order valence-corrected chi connectivity index (χ4v) is 5.93. The normalized spacial score (nSPS) is 19.7. The van der Waals surface area contributed by atoms with E-state index in [0.29, 0.717) is 30.5 Å². The number of amides is 2. The molecule has 1 fully saturated rings. The lowest BCUT2D eigenvalue weighted by molar-refractivity contribution is 0.00693. The molecule has 1 saturated heterocycles. The van der Waals surface area contributed by atoms with Crippen LogP contribution in [0.15, 0.2) is 42.6 Å². The summed E-state index contributed by atoms with van der Waals surface area (Å²) in [5, 5.41) is 21.1. The van der Waals surface area contributed by atoms with Gasteiger partial charge in [-0.3, -0.25) is 4.79 Å². The second-order valence-electron chi connectivity index (χ2n) is 9.51. The van der Waals surface area contributed by atoms with Crippen LogP contribution in [0.3, 0.4) is 0 Å². The second kappa shape index (κ2) is 10.9. The number of rotatable bonds is 7. The van der Waals surface area contributed by atoms with Crippen LogP contribution in [-0.4, -0.2) is 64.9 Å². The molecule has 0 unspecified atom stereocenters. The first-order valence-electron chi connectivity index (χ1n) is 12.6. The maximum Gasteiger partial charge on any atom is 0.407 e. The van der Waals surface area contributed by atoms with E-state index >= 15 is 8.78 Å². The molecule has 210 valence electrons. The third-order valence-electron chi connectivity index (χ3n) is 7.36. The quantitative estimate of drug-likeness (QED) is 0.383. The molecule has 3 aromatic rings. The SMILES string of the molecule is CNC(=O)c1cnc(OCCO)c(F)c1-c1c(Cl)c(F)cc2c1C[C@](c1ccccc1)([C@@H]1CCCN1C(=O)O)O2. The molecule has 0 spiro atoms. The topological polar surface area (TPSA) is 121 Å². The highest BCUT2D eigenvalue weighted by atomic mass is 35.5. The van der Waals surface area contributed by atoms with E-state index in [2.05, 4.69) is 10.3 Å². The highest BCUT2D eigenvalue weighted by Gasteiger charge is 2.54. The van der Waals surface area contributed by atoms with Crippen molar-refractivity contribution in [2.45, 2.75) is 30.9 Å². The maximum absolute atomic E-state index is 16.0. The summed E-state index contributed by atoms with van der Waals surface area (Å²) in [5.74, 6) is -3.15. The van der Waals surface area contributed by atoms with Crippen LogP contribution in [0, 0.1) is 11.6 Å². The lowest BCUT2D eigenvalue weighted by Gasteiger charge is -2.39. The molecule has 2 aliphatic heterocycles. The van der Waals surface area contributed by atoms with Crippen molar-refractivity contribution in [1.29, 1.82) is 0 Å². The summed E-state index contributed by atoms with van der Waals surface area (Å²) < 4.78 is 43.2. The number of aliphatic hydroxyl groups is 1. The van der Waals surface area contributed by atoms with Crippen molar-refractivity contribution in [3.63, 3.8) is 0 Å². The molecular formula is C28H26ClF2N3O6. The molecule has 0 bridgehead atoms. The standard InChI is InChI=1S/C28H26ClF2N3O6/c1-32-25(36)17-14-33-26(39-11-10-35)24(31)22(17)21-16-13-28(15-6-3-2-4-7-15,20-8-5-9-34(20)27(37)38)40-19(16)12-18(30)23(21)29/h2-4,6-7,12,14,20,35H,5,8-11,13H2,1H3,(H,32,36)(H,37,38)/t20-,28-/m0/s1. The zero-order valence-corrected chi connectivity index (χ0v) is 22.2. The number of likely N-dealkylation sites (tertiary alicyclic amines) is 1. The predicted octanol–water partition coefficient (Wildman–Crippen LogP) is 4.38. The number of ether oxygens (including phenoxy) is 2. The Morgan fingerprint density at radius 2 is 2.02 bits per heavy atom. The monoisotopic (exact) mass is 573 g/mol. The number of aliphatic hydroxyl groups excluding tert-OH is 1. The molecule has 2 aliphatic rings. The summed E-state index contributed by atoms with van der Waals surface area (Å²) in [6.07, 6.45) is 1.05. The molecule has 5 rings (SSSR count). The number of nitrogens with one attached hydrogen (secondary N) is 1. The summed E-state index contributed by atoms with van der Waals surface area (Å²) >= 11 is 6.50. The van der Waals surface area contributed by atoms with Crippen LogP contribution in [-0.2, 0) is 12.0 Å². The number of hydrogen-bond acceptors (Lipinski definition) is 6. The average Bonchev–Trinajstić information content (AvgIpc) is 3.60. The van der Waals surface area contributed by atoms with Gasteiger partial charge in [0.2, 0.25) is 0 Å². The number of carboxylic acid groups (broad SMARTS) is 1. The van der Waals surface area contributed by atoms with Crippen molar-refractivity contribution in [3.8, 4) is 22.8 Å². The number of benzene rings is 2. The van der Waals surface area contributed by atoms with Gasteiger partial charge in [0.05, 0.1) is 23.2 Å². The molecule has 9 nitrogen and oxygen atoms in total. The van der Waals surface area contributed by atoms with Crippen molar-refractivity contribution in [1.82, 2.24) is 15.2 Å². The molecule has 3 heterocycles. The number of halogens is 3. The van der Waals surface area contributed by atoms with Gasteiger partial charge in [0.25, 0.3) is 11.8 Å². The van der Waals surface area contributed by atoms with Gasteiger partial charge in [-0.1, -0.05) is 41.9 Å². The first kappa shape index (κ1) is 27.6. The maximum atomic E-state index is 16.0. The number of nitrogens with zero attached hydrogens (tertiary/aromatic N) is 2. The summed E-state index contributed by atoms with van der Waals surface area (Å²) in [5.41, 5.74) is -1.02. The van der Waals surface area contributed by atoms with Crippen LogP contribution < -0.4 is 14.8 Å². The van der Waals surface area contributed by atoms with Gasteiger partial charge >= 0.3 is 6.09 Å². The highest BCUT2D eigenvalue weighted by Crippen LogP contribution is 2.53. The zero-order chi connectivity index (χ0) is 28.6. The lowest BCUT2D eigenvalue weighted by Crippen LogP contribution is -2.52. The van der Waals surface area contributed by atoms with Crippen LogP contribution in [0.25, 0.3) is 11.1 Å². The molecule has 1 aromatic heterocycles. The van der Waals surface area contributed by atoms with E-state index in [1.165, 1.54) is 11.9 Å². The number of carbonyl (C=O) groups excluding carboxylic acids is 1. The van der Waals surface area contributed by atoms with E-state index in [9.17, 15) is 14.7 Å². The predicted molar refractivity (Wildman–Crippen MR) is 141 cm³/mol. The van der Waals surface area contributed by atoms with Crippen molar-refractivity contribution in [3.05, 3.63) is 75.9 Å². The summed E-state index contributed by atoms with van der Waals surface area (Å²) in [6, 6.07) is 9.43. The number of carbonyl (C=O) groups is 2. The molecule has 2 aromatic carbocycles. The highest BCUT2D eigenvalue weighted by molar-refractivity contribution is 6.34. The fraction of sp³-hybridized carbons (Fsp3) is 0.321. The second-order valence-corrected chi connectivity index (χ2v) is 9.89. The van der Waals surface area contributed by atoms with E-state index < -0.39 is 52.8 Å². The van der Waals surface area contributed by atoms with Gasteiger partial charge in [-0.2, -0.15) is 0 Å². The minimum Gasteiger partial charge on any atom is -0.480 e. The average molecular weight is 574 g/mol. The van der Waals surface area contributed by atoms with Gasteiger partial charge in [-0.05, 0) is 18.4 Å². The Morgan fingerprint density at radius 1 is 1.27 bits per heavy atom. The molecule has 2 amide bonds. The Balaban J connectivity index is 1.76. The van der Waals surface area contributed by atoms with Crippen LogP contribution in [0.2, 0.25) is 5.02 Å². The van der Waals surface area contributed by atoms with Crippen molar-refractivity contribution in [2.75, 3.05) is 26.8 Å². The van der Waals surface area contributed by atoms with Crippen molar-refractivity contribution < 1.29 is 38.1 Å². The summed E-state index contributed by atoms with van der Waals surface area (Å²) in [6.45, 7) is -0.398. The van der Waals surface area contributed by atoms with Crippen LogP contribution in [0.1, 0.15) is 34.3 Å². The molecule has 0 radical (unpaired) electrons. The molecule has 12 heteroatoms. The minimum atomic E-state index is -1.28. The summed E-state index contributed by atoms with van der Waals surface area (Å²) in [4.78, 5) is 30.2. The van der Waals surface area contributed by atoms with Crippen molar-refractivity contribution in [2.24, 2.45) is 0 Å². The van der Waals surface area contributed by atoms with Gasteiger partial charge in [-0.15, -0.1) is 0 Å². The first-order chi connectivity index (χ1) is 19.2. The Labute approximate surface area is 233 Å². The third kappa shape index (κ3) is 4.48.